The van der Waals surface area contributed by atoms with Crippen LogP contribution in [0.3, 0.4) is 0 Å². The standard InChI is InChI=1S/C21H25N5O4/c1-4-26-8-7-15(25-26)17(27)23-13-5-6-16-14(9-13)21(12-29-18(22)24-21)20(10-28-11-20)19(2,3)30-16/h5-9H,4,10-12H2,1-3H3,(H2,22,24)(H,23,27). The summed E-state index contributed by atoms with van der Waals surface area (Å²) >= 11 is 0. The van der Waals surface area contributed by atoms with Crippen molar-refractivity contribution >= 4 is 17.6 Å². The molecule has 9 heteroatoms. The fourth-order valence-electron chi connectivity index (χ4n) is 4.71. The Morgan fingerprint density at radius 3 is 2.67 bits per heavy atom. The van der Waals surface area contributed by atoms with Crippen LogP contribution in [0.5, 0.6) is 5.75 Å². The zero-order valence-electron chi connectivity index (χ0n) is 17.3. The monoisotopic (exact) mass is 411 g/mol. The molecule has 158 valence electrons. The number of fused-ring (bicyclic) bond motifs is 3. The number of aliphatic imine (C=N–C) groups is 1. The summed E-state index contributed by atoms with van der Waals surface area (Å²) in [4.78, 5) is 17.4. The van der Waals surface area contributed by atoms with Crippen LogP contribution >= 0.6 is 0 Å². The van der Waals surface area contributed by atoms with Crippen molar-refractivity contribution in [1.29, 1.82) is 0 Å². The normalized spacial score (nSPS) is 25.1. The number of carbonyl (C=O) groups excluding carboxylic acids is 1. The fourth-order valence-corrected chi connectivity index (χ4v) is 4.71. The van der Waals surface area contributed by atoms with E-state index in [0.29, 0.717) is 43.5 Å². The number of aromatic nitrogens is 2. The third-order valence-corrected chi connectivity index (χ3v) is 6.62. The Morgan fingerprint density at radius 1 is 1.27 bits per heavy atom. The number of benzene rings is 1. The number of carbonyl (C=O) groups is 1. The van der Waals surface area contributed by atoms with Crippen LogP contribution in [0.4, 0.5) is 5.69 Å². The highest BCUT2D eigenvalue weighted by atomic mass is 16.5. The van der Waals surface area contributed by atoms with Gasteiger partial charge >= 0.3 is 0 Å². The second kappa shape index (κ2) is 6.21. The van der Waals surface area contributed by atoms with Crippen LogP contribution in [0, 0.1) is 5.41 Å². The van der Waals surface area contributed by atoms with Gasteiger partial charge in [-0.15, -0.1) is 0 Å². The predicted octanol–water partition coefficient (Wildman–Crippen LogP) is 1.88. The highest BCUT2D eigenvalue weighted by Crippen LogP contribution is 2.62. The van der Waals surface area contributed by atoms with Gasteiger partial charge in [0.15, 0.2) is 5.69 Å². The van der Waals surface area contributed by atoms with Crippen molar-refractivity contribution in [2.24, 2.45) is 16.1 Å². The second-order valence-corrected chi connectivity index (χ2v) is 8.51. The minimum Gasteiger partial charge on any atom is -0.487 e. The lowest BCUT2D eigenvalue weighted by atomic mass is 9.55. The number of nitrogens with one attached hydrogen (secondary N) is 1. The summed E-state index contributed by atoms with van der Waals surface area (Å²) in [5.41, 5.74) is 6.09. The molecule has 3 aliphatic rings. The molecule has 1 aromatic heterocycles. The molecule has 3 aliphatic heterocycles. The summed E-state index contributed by atoms with van der Waals surface area (Å²) in [7, 11) is 0. The second-order valence-electron chi connectivity index (χ2n) is 8.51. The van der Waals surface area contributed by atoms with Crippen molar-refractivity contribution in [2.45, 2.75) is 38.5 Å². The SMILES string of the molecule is CCn1ccc(C(=O)Nc2ccc3c(c2)C2(COC(N)=N2)C2(COC2)C(C)(C)O3)n1. The van der Waals surface area contributed by atoms with Gasteiger partial charge in [0, 0.05) is 24.0 Å². The van der Waals surface area contributed by atoms with E-state index in [4.69, 9.17) is 24.9 Å². The van der Waals surface area contributed by atoms with Crippen LogP contribution in [0.15, 0.2) is 35.5 Å². The van der Waals surface area contributed by atoms with Crippen LogP contribution in [-0.4, -0.2) is 47.1 Å². The average molecular weight is 411 g/mol. The number of nitrogens with zero attached hydrogens (tertiary/aromatic N) is 3. The van der Waals surface area contributed by atoms with Gasteiger partial charge < -0.3 is 25.3 Å². The molecule has 0 radical (unpaired) electrons. The quantitative estimate of drug-likeness (QED) is 0.797. The first-order chi connectivity index (χ1) is 14.3. The smallest absolute Gasteiger partial charge is 0.283 e. The summed E-state index contributed by atoms with van der Waals surface area (Å²) in [5.74, 6) is 0.425. The Bertz CT molecular complexity index is 1060. The maximum Gasteiger partial charge on any atom is 0.283 e. The van der Waals surface area contributed by atoms with Gasteiger partial charge in [-0.1, -0.05) is 0 Å². The number of aryl methyl sites for hydroxylation is 1. The van der Waals surface area contributed by atoms with Crippen molar-refractivity contribution in [3.63, 3.8) is 0 Å². The number of hydrogen-bond donors (Lipinski definition) is 2. The molecule has 1 fully saturated rings. The lowest BCUT2D eigenvalue weighted by molar-refractivity contribution is -0.247. The third kappa shape index (κ3) is 2.41. The summed E-state index contributed by atoms with van der Waals surface area (Å²) in [6.07, 6.45) is 1.78. The van der Waals surface area contributed by atoms with Crippen molar-refractivity contribution in [3.8, 4) is 5.75 Å². The number of amidine groups is 1. The van der Waals surface area contributed by atoms with Crippen LogP contribution in [-0.2, 0) is 21.6 Å². The van der Waals surface area contributed by atoms with Gasteiger partial charge in [-0.25, -0.2) is 4.99 Å². The molecular weight excluding hydrogens is 386 g/mol. The molecule has 2 aromatic rings. The molecule has 5 rings (SSSR count). The molecule has 1 atom stereocenters. The van der Waals surface area contributed by atoms with Crippen LogP contribution in [0.2, 0.25) is 0 Å². The van der Waals surface area contributed by atoms with Crippen LogP contribution < -0.4 is 15.8 Å². The highest BCUT2D eigenvalue weighted by molar-refractivity contribution is 6.02. The van der Waals surface area contributed by atoms with E-state index in [0.717, 1.165) is 5.56 Å². The lowest BCUT2D eigenvalue weighted by Gasteiger charge is -2.61. The summed E-state index contributed by atoms with van der Waals surface area (Å²) in [6.45, 7) is 8.05. The third-order valence-electron chi connectivity index (χ3n) is 6.62. The molecule has 1 unspecified atom stereocenters. The molecule has 0 aliphatic carbocycles. The number of anilines is 1. The molecule has 1 aromatic carbocycles. The molecule has 3 N–H and O–H groups in total. The number of amides is 1. The van der Waals surface area contributed by atoms with Gasteiger partial charge in [0.1, 0.15) is 23.5 Å². The minimum atomic E-state index is -0.739. The van der Waals surface area contributed by atoms with Gasteiger partial charge in [-0.2, -0.15) is 5.10 Å². The van der Waals surface area contributed by atoms with Crippen LogP contribution in [0.25, 0.3) is 0 Å². The van der Waals surface area contributed by atoms with Crippen molar-refractivity contribution in [2.75, 3.05) is 25.1 Å². The topological polar surface area (TPSA) is 113 Å². The molecule has 0 saturated carbocycles. The fraction of sp³-hybridized carbons (Fsp3) is 0.476. The largest absolute Gasteiger partial charge is 0.487 e. The van der Waals surface area contributed by atoms with Gasteiger partial charge in [-0.05, 0) is 45.0 Å². The van der Waals surface area contributed by atoms with E-state index >= 15 is 0 Å². The van der Waals surface area contributed by atoms with E-state index in [1.54, 1.807) is 16.9 Å². The summed E-state index contributed by atoms with van der Waals surface area (Å²) < 4.78 is 19.4. The molecular formula is C21H25N5O4. The van der Waals surface area contributed by atoms with E-state index in [1.165, 1.54) is 0 Å². The first-order valence-corrected chi connectivity index (χ1v) is 10.0. The zero-order valence-corrected chi connectivity index (χ0v) is 17.3. The van der Waals surface area contributed by atoms with Crippen molar-refractivity contribution in [3.05, 3.63) is 41.7 Å². The Morgan fingerprint density at radius 2 is 2.07 bits per heavy atom. The maximum atomic E-state index is 12.7. The highest BCUT2D eigenvalue weighted by Gasteiger charge is 2.71. The zero-order chi connectivity index (χ0) is 21.1. The minimum absolute atomic E-state index is 0.157. The van der Waals surface area contributed by atoms with Gasteiger partial charge in [0.05, 0.1) is 18.6 Å². The number of rotatable bonds is 3. The molecule has 1 saturated heterocycles. The molecule has 30 heavy (non-hydrogen) atoms. The molecule has 2 spiro atoms. The number of ether oxygens (including phenoxy) is 3. The molecule has 9 nitrogen and oxygen atoms in total. The first kappa shape index (κ1) is 18.9. The van der Waals surface area contributed by atoms with E-state index < -0.39 is 16.6 Å². The Balaban J connectivity index is 1.55. The van der Waals surface area contributed by atoms with Gasteiger partial charge in [-0.3, -0.25) is 9.48 Å². The predicted molar refractivity (Wildman–Crippen MR) is 110 cm³/mol. The number of hydrogen-bond acceptors (Lipinski definition) is 7. The Kier molecular flexibility index (Phi) is 3.92. The number of nitrogens with two attached hydrogens (primary N) is 1. The molecule has 0 bridgehead atoms. The van der Waals surface area contributed by atoms with Crippen molar-refractivity contribution < 1.29 is 19.0 Å². The summed E-state index contributed by atoms with van der Waals surface area (Å²) in [6, 6.07) is 7.42. The maximum absolute atomic E-state index is 12.7. The van der Waals surface area contributed by atoms with Gasteiger partial charge in [0.25, 0.3) is 11.9 Å². The van der Waals surface area contributed by atoms with Crippen LogP contribution in [0.1, 0.15) is 36.8 Å². The Labute approximate surface area is 174 Å². The van der Waals surface area contributed by atoms with Gasteiger partial charge in [0.2, 0.25) is 0 Å². The average Bonchev–Trinajstić information content (AvgIpc) is 3.28. The first-order valence-electron chi connectivity index (χ1n) is 10.0. The lowest BCUT2D eigenvalue weighted by Crippen LogP contribution is -2.71. The summed E-state index contributed by atoms with van der Waals surface area (Å²) in [5, 5.41) is 7.19. The molecule has 1 amide bonds. The Hall–Kier alpha value is -3.07. The van der Waals surface area contributed by atoms with E-state index in [9.17, 15) is 4.79 Å². The molecule has 4 heterocycles. The van der Waals surface area contributed by atoms with E-state index in [1.807, 2.05) is 39.0 Å². The van der Waals surface area contributed by atoms with Crippen molar-refractivity contribution in [1.82, 2.24) is 9.78 Å². The van der Waals surface area contributed by atoms with E-state index in [-0.39, 0.29) is 11.9 Å². The van der Waals surface area contributed by atoms with E-state index in [2.05, 4.69) is 10.4 Å².